The van der Waals surface area contributed by atoms with Gasteiger partial charge in [-0.2, -0.15) is 12.6 Å². The van der Waals surface area contributed by atoms with E-state index in [1.807, 2.05) is 0 Å². The van der Waals surface area contributed by atoms with Crippen molar-refractivity contribution in [2.45, 2.75) is 19.9 Å². The van der Waals surface area contributed by atoms with Crippen LogP contribution in [0, 0.1) is 12.7 Å². The molecule has 0 saturated heterocycles. The zero-order valence-electron chi connectivity index (χ0n) is 10.2. The molecule has 0 spiro atoms. The number of nitrogens with one attached hydrogen (secondary N) is 2. The van der Waals surface area contributed by atoms with E-state index < -0.39 is 6.04 Å². The van der Waals surface area contributed by atoms with Crippen molar-refractivity contribution in [3.05, 3.63) is 29.6 Å². The molecule has 0 aliphatic carbocycles. The van der Waals surface area contributed by atoms with E-state index in [0.29, 0.717) is 11.3 Å². The Morgan fingerprint density at radius 1 is 1.44 bits per heavy atom. The predicted molar refractivity (Wildman–Crippen MR) is 71.2 cm³/mol. The number of carbonyl (C=O) groups excluding carboxylic acids is 2. The molecule has 0 bridgehead atoms. The molecule has 0 fully saturated rings. The molecule has 1 unspecified atom stereocenters. The highest BCUT2D eigenvalue weighted by Crippen LogP contribution is 2.15. The molecule has 0 aliphatic heterocycles. The van der Waals surface area contributed by atoms with Gasteiger partial charge in [0, 0.05) is 18.4 Å². The Morgan fingerprint density at radius 2 is 2.11 bits per heavy atom. The van der Waals surface area contributed by atoms with Crippen molar-refractivity contribution in [3.63, 3.8) is 0 Å². The highest BCUT2D eigenvalue weighted by Gasteiger charge is 2.18. The second kappa shape index (κ2) is 6.39. The summed E-state index contributed by atoms with van der Waals surface area (Å²) >= 11 is 4.00. The molecule has 98 valence electrons. The number of halogens is 1. The molecule has 1 aromatic carbocycles. The molecular formula is C12H15FN2O2S. The SMILES string of the molecule is CC(=O)NC(CS)C(=O)Nc1ccc(F)cc1C. The smallest absolute Gasteiger partial charge is 0.247 e. The fourth-order valence-corrected chi connectivity index (χ4v) is 1.68. The number of anilines is 1. The number of amides is 2. The molecule has 0 saturated carbocycles. The van der Waals surface area contributed by atoms with Gasteiger partial charge in [-0.25, -0.2) is 4.39 Å². The van der Waals surface area contributed by atoms with Gasteiger partial charge in [0.15, 0.2) is 0 Å². The summed E-state index contributed by atoms with van der Waals surface area (Å²) in [6, 6.07) is 3.35. The van der Waals surface area contributed by atoms with Crippen molar-refractivity contribution in [1.29, 1.82) is 0 Å². The van der Waals surface area contributed by atoms with Gasteiger partial charge in [-0.3, -0.25) is 9.59 Å². The van der Waals surface area contributed by atoms with Gasteiger partial charge in [0.2, 0.25) is 11.8 Å². The van der Waals surface area contributed by atoms with E-state index in [-0.39, 0.29) is 23.4 Å². The van der Waals surface area contributed by atoms with Crippen molar-refractivity contribution < 1.29 is 14.0 Å². The monoisotopic (exact) mass is 270 g/mol. The Bertz CT molecular complexity index is 465. The number of hydrogen-bond donors (Lipinski definition) is 3. The maximum atomic E-state index is 12.9. The first-order valence-corrected chi connectivity index (χ1v) is 6.02. The predicted octanol–water partition coefficient (Wildman–Crippen LogP) is 1.51. The number of benzene rings is 1. The summed E-state index contributed by atoms with van der Waals surface area (Å²) in [7, 11) is 0. The lowest BCUT2D eigenvalue weighted by Crippen LogP contribution is -2.44. The van der Waals surface area contributed by atoms with Crippen LogP contribution in [-0.2, 0) is 9.59 Å². The number of rotatable bonds is 4. The lowest BCUT2D eigenvalue weighted by molar-refractivity contribution is -0.124. The van der Waals surface area contributed by atoms with Crippen LogP contribution in [0.4, 0.5) is 10.1 Å². The number of thiol groups is 1. The lowest BCUT2D eigenvalue weighted by Gasteiger charge is -2.16. The Labute approximate surface area is 110 Å². The fraction of sp³-hybridized carbons (Fsp3) is 0.333. The molecule has 1 aromatic rings. The van der Waals surface area contributed by atoms with Gasteiger partial charge in [0.25, 0.3) is 0 Å². The summed E-state index contributed by atoms with van der Waals surface area (Å²) < 4.78 is 12.9. The summed E-state index contributed by atoms with van der Waals surface area (Å²) in [4.78, 5) is 22.8. The molecule has 1 atom stereocenters. The first-order chi connectivity index (χ1) is 8.43. The molecular weight excluding hydrogens is 255 g/mol. The quantitative estimate of drug-likeness (QED) is 0.726. The Morgan fingerprint density at radius 3 is 2.61 bits per heavy atom. The van der Waals surface area contributed by atoms with Crippen LogP contribution in [0.5, 0.6) is 0 Å². The highest BCUT2D eigenvalue weighted by molar-refractivity contribution is 7.80. The van der Waals surface area contributed by atoms with E-state index in [0.717, 1.165) is 0 Å². The third-order valence-electron chi connectivity index (χ3n) is 2.32. The van der Waals surface area contributed by atoms with E-state index in [1.165, 1.54) is 25.1 Å². The van der Waals surface area contributed by atoms with E-state index in [9.17, 15) is 14.0 Å². The van der Waals surface area contributed by atoms with Gasteiger partial charge in [-0.1, -0.05) is 0 Å². The number of carbonyl (C=O) groups is 2. The summed E-state index contributed by atoms with van der Waals surface area (Å²) in [5.74, 6) is -0.862. The minimum Gasteiger partial charge on any atom is -0.344 e. The Hall–Kier alpha value is -1.56. The molecule has 0 aliphatic rings. The van der Waals surface area contributed by atoms with Crippen LogP contribution in [0.15, 0.2) is 18.2 Å². The maximum Gasteiger partial charge on any atom is 0.247 e. The molecule has 6 heteroatoms. The van der Waals surface area contributed by atoms with Crippen LogP contribution in [0.25, 0.3) is 0 Å². The summed E-state index contributed by atoms with van der Waals surface area (Å²) in [6.07, 6.45) is 0. The lowest BCUT2D eigenvalue weighted by atomic mass is 10.2. The van der Waals surface area contributed by atoms with Crippen molar-refractivity contribution in [2.75, 3.05) is 11.1 Å². The Balaban J connectivity index is 2.76. The van der Waals surface area contributed by atoms with E-state index in [4.69, 9.17) is 0 Å². The second-order valence-corrected chi connectivity index (χ2v) is 4.25. The topological polar surface area (TPSA) is 58.2 Å². The normalized spacial score (nSPS) is 11.8. The first kappa shape index (κ1) is 14.5. The van der Waals surface area contributed by atoms with Crippen LogP contribution in [0.3, 0.4) is 0 Å². The maximum absolute atomic E-state index is 12.9. The van der Waals surface area contributed by atoms with Crippen molar-refractivity contribution >= 4 is 30.1 Å². The van der Waals surface area contributed by atoms with Crippen LogP contribution in [0.2, 0.25) is 0 Å². The molecule has 1 rings (SSSR count). The van der Waals surface area contributed by atoms with Crippen LogP contribution < -0.4 is 10.6 Å². The third-order valence-corrected chi connectivity index (χ3v) is 2.69. The summed E-state index contributed by atoms with van der Waals surface area (Å²) in [5.41, 5.74) is 1.13. The average molecular weight is 270 g/mol. The minimum absolute atomic E-state index is 0.186. The molecule has 0 heterocycles. The zero-order valence-corrected chi connectivity index (χ0v) is 11.1. The summed E-state index contributed by atoms with van der Waals surface area (Å²) in [6.45, 7) is 3.01. The molecule has 2 amide bonds. The van der Waals surface area contributed by atoms with E-state index in [1.54, 1.807) is 6.92 Å². The largest absolute Gasteiger partial charge is 0.344 e. The van der Waals surface area contributed by atoms with Crippen LogP contribution in [0.1, 0.15) is 12.5 Å². The van der Waals surface area contributed by atoms with E-state index >= 15 is 0 Å². The van der Waals surface area contributed by atoms with Gasteiger partial charge in [0.1, 0.15) is 11.9 Å². The Kier molecular flexibility index (Phi) is 5.15. The summed E-state index contributed by atoms with van der Waals surface area (Å²) in [5, 5.41) is 5.10. The van der Waals surface area contributed by atoms with Crippen LogP contribution >= 0.6 is 12.6 Å². The van der Waals surface area contributed by atoms with E-state index in [2.05, 4.69) is 23.3 Å². The van der Waals surface area contributed by atoms with Gasteiger partial charge in [-0.15, -0.1) is 0 Å². The molecule has 2 N–H and O–H groups in total. The fourth-order valence-electron chi connectivity index (χ4n) is 1.43. The van der Waals surface area contributed by atoms with Crippen molar-refractivity contribution in [3.8, 4) is 0 Å². The van der Waals surface area contributed by atoms with Crippen molar-refractivity contribution in [1.82, 2.24) is 5.32 Å². The van der Waals surface area contributed by atoms with Gasteiger partial charge in [-0.05, 0) is 30.7 Å². The van der Waals surface area contributed by atoms with Crippen LogP contribution in [-0.4, -0.2) is 23.6 Å². The number of aryl methyl sites for hydroxylation is 1. The standard InChI is InChI=1S/C12H15FN2O2S/c1-7-5-9(13)3-4-10(7)15-12(17)11(6-18)14-8(2)16/h3-5,11,18H,6H2,1-2H3,(H,14,16)(H,15,17). The first-order valence-electron chi connectivity index (χ1n) is 5.39. The van der Waals surface area contributed by atoms with Gasteiger partial charge in [0.05, 0.1) is 0 Å². The van der Waals surface area contributed by atoms with Gasteiger partial charge < -0.3 is 10.6 Å². The second-order valence-electron chi connectivity index (χ2n) is 3.88. The number of hydrogen-bond acceptors (Lipinski definition) is 3. The molecule has 18 heavy (non-hydrogen) atoms. The molecule has 0 aromatic heterocycles. The molecule has 4 nitrogen and oxygen atoms in total. The molecule has 0 radical (unpaired) electrons. The van der Waals surface area contributed by atoms with Crippen molar-refractivity contribution in [2.24, 2.45) is 0 Å². The average Bonchev–Trinajstić information content (AvgIpc) is 2.29. The van der Waals surface area contributed by atoms with Gasteiger partial charge >= 0.3 is 0 Å². The third kappa shape index (κ3) is 4.03. The highest BCUT2D eigenvalue weighted by atomic mass is 32.1. The zero-order chi connectivity index (χ0) is 13.7. The minimum atomic E-state index is -0.713.